The number of aromatic nitrogens is 4. The fraction of sp³-hybridized carbons (Fsp3) is 0.111. The van der Waals surface area contributed by atoms with E-state index in [0.717, 1.165) is 16.7 Å². The van der Waals surface area contributed by atoms with Gasteiger partial charge in [0.2, 0.25) is 23.5 Å². The van der Waals surface area contributed by atoms with Crippen LogP contribution >= 0.6 is 11.6 Å². The lowest BCUT2D eigenvalue weighted by atomic mass is 10.1. The average molecular weight is 353 g/mol. The Bertz CT molecular complexity index is 1010. The van der Waals surface area contributed by atoms with E-state index >= 15 is 0 Å². The molecule has 2 aromatic carbocycles. The largest absolute Gasteiger partial charge is 0.420 e. The van der Waals surface area contributed by atoms with Gasteiger partial charge in [0.1, 0.15) is 6.42 Å². The molecule has 0 bridgehead atoms. The Labute approximate surface area is 148 Å². The topological polar surface area (TPSA) is 77.8 Å². The molecule has 0 aliphatic rings. The van der Waals surface area contributed by atoms with Gasteiger partial charge >= 0.3 is 0 Å². The Hall–Kier alpha value is -2.99. The molecule has 0 atom stereocenters. The SMILES string of the molecule is Cc1cccc(-c2nnc(Cc3nc(-c4ccc(Cl)cc4)no3)o2)c1. The van der Waals surface area contributed by atoms with Crippen molar-refractivity contribution in [3.8, 4) is 22.8 Å². The highest BCUT2D eigenvalue weighted by Crippen LogP contribution is 2.21. The Kier molecular flexibility index (Phi) is 4.03. The van der Waals surface area contributed by atoms with Gasteiger partial charge in [-0.25, -0.2) is 0 Å². The Balaban J connectivity index is 1.52. The summed E-state index contributed by atoms with van der Waals surface area (Å²) in [6.07, 6.45) is 0.277. The molecule has 0 saturated heterocycles. The molecule has 2 aromatic heterocycles. The summed E-state index contributed by atoms with van der Waals surface area (Å²) in [5.41, 5.74) is 2.83. The van der Waals surface area contributed by atoms with E-state index in [1.165, 1.54) is 0 Å². The molecule has 0 radical (unpaired) electrons. The van der Waals surface area contributed by atoms with Crippen molar-refractivity contribution in [3.05, 3.63) is 70.9 Å². The minimum Gasteiger partial charge on any atom is -0.420 e. The highest BCUT2D eigenvalue weighted by molar-refractivity contribution is 6.30. The highest BCUT2D eigenvalue weighted by Gasteiger charge is 2.14. The first-order chi connectivity index (χ1) is 12.2. The van der Waals surface area contributed by atoms with Crippen LogP contribution in [0.2, 0.25) is 5.02 Å². The molecule has 0 amide bonds. The molecule has 0 fully saturated rings. The molecule has 0 unspecified atom stereocenters. The molecule has 124 valence electrons. The molecule has 0 spiro atoms. The Morgan fingerprint density at radius 3 is 2.60 bits per heavy atom. The highest BCUT2D eigenvalue weighted by atomic mass is 35.5. The van der Waals surface area contributed by atoms with Gasteiger partial charge in [-0.3, -0.25) is 0 Å². The van der Waals surface area contributed by atoms with E-state index in [0.29, 0.717) is 28.5 Å². The summed E-state index contributed by atoms with van der Waals surface area (Å²) in [5.74, 6) is 1.79. The zero-order valence-electron chi connectivity index (χ0n) is 13.3. The Morgan fingerprint density at radius 2 is 1.80 bits per heavy atom. The standard InChI is InChI=1S/C18H13ClN4O2/c1-11-3-2-4-13(9-11)18-22-21-16(24-18)10-15-20-17(23-25-15)12-5-7-14(19)8-6-12/h2-9H,10H2,1H3. The van der Waals surface area contributed by atoms with Crippen LogP contribution < -0.4 is 0 Å². The minimum absolute atomic E-state index is 0.277. The van der Waals surface area contributed by atoms with Crippen LogP contribution in [0.5, 0.6) is 0 Å². The zero-order chi connectivity index (χ0) is 17.2. The van der Waals surface area contributed by atoms with Gasteiger partial charge < -0.3 is 8.94 Å². The van der Waals surface area contributed by atoms with Crippen LogP contribution in [0.3, 0.4) is 0 Å². The maximum atomic E-state index is 5.88. The van der Waals surface area contributed by atoms with Crippen molar-refractivity contribution < 1.29 is 8.94 Å². The van der Waals surface area contributed by atoms with E-state index in [1.807, 2.05) is 43.3 Å². The first-order valence-electron chi connectivity index (χ1n) is 7.65. The molecule has 4 rings (SSSR count). The second kappa shape index (κ2) is 6.49. The average Bonchev–Trinajstić information content (AvgIpc) is 3.26. The fourth-order valence-electron chi connectivity index (χ4n) is 2.39. The Morgan fingerprint density at radius 1 is 0.960 bits per heavy atom. The van der Waals surface area contributed by atoms with Crippen molar-refractivity contribution in [2.75, 3.05) is 0 Å². The monoisotopic (exact) mass is 352 g/mol. The van der Waals surface area contributed by atoms with Crippen molar-refractivity contribution >= 4 is 11.6 Å². The maximum absolute atomic E-state index is 5.88. The third-order valence-corrected chi connectivity index (χ3v) is 3.86. The molecular formula is C18H13ClN4O2. The number of hydrogen-bond donors (Lipinski definition) is 0. The first-order valence-corrected chi connectivity index (χ1v) is 8.03. The molecule has 0 aliphatic heterocycles. The summed E-state index contributed by atoms with van der Waals surface area (Å²) in [5, 5.41) is 12.8. The van der Waals surface area contributed by atoms with Crippen LogP contribution in [0.4, 0.5) is 0 Å². The van der Waals surface area contributed by atoms with Gasteiger partial charge in [0, 0.05) is 16.1 Å². The number of rotatable bonds is 4. The van der Waals surface area contributed by atoms with Gasteiger partial charge in [0.05, 0.1) is 0 Å². The predicted octanol–water partition coefficient (Wildman–Crippen LogP) is 4.34. The number of nitrogens with zero attached hydrogens (tertiary/aromatic N) is 4. The molecular weight excluding hydrogens is 340 g/mol. The van der Waals surface area contributed by atoms with Crippen LogP contribution in [0.25, 0.3) is 22.8 Å². The summed E-state index contributed by atoms with van der Waals surface area (Å²) in [7, 11) is 0. The second-order valence-electron chi connectivity index (χ2n) is 5.57. The van der Waals surface area contributed by atoms with Crippen molar-refractivity contribution in [2.45, 2.75) is 13.3 Å². The molecule has 6 nitrogen and oxygen atoms in total. The number of benzene rings is 2. The number of halogens is 1. The third kappa shape index (κ3) is 3.44. The smallest absolute Gasteiger partial charge is 0.247 e. The summed E-state index contributed by atoms with van der Waals surface area (Å²) in [4.78, 5) is 4.35. The normalized spacial score (nSPS) is 11.0. The van der Waals surface area contributed by atoms with E-state index in [9.17, 15) is 0 Å². The molecule has 7 heteroatoms. The van der Waals surface area contributed by atoms with E-state index in [1.54, 1.807) is 12.1 Å². The van der Waals surface area contributed by atoms with Crippen molar-refractivity contribution in [3.63, 3.8) is 0 Å². The van der Waals surface area contributed by atoms with Crippen LogP contribution in [-0.2, 0) is 6.42 Å². The minimum atomic E-state index is 0.277. The van der Waals surface area contributed by atoms with Crippen LogP contribution in [0.1, 0.15) is 17.3 Å². The predicted molar refractivity (Wildman–Crippen MR) is 92.0 cm³/mol. The van der Waals surface area contributed by atoms with E-state index in [-0.39, 0.29) is 6.42 Å². The lowest BCUT2D eigenvalue weighted by Gasteiger charge is -1.95. The molecule has 0 saturated carbocycles. The summed E-state index contributed by atoms with van der Waals surface area (Å²) < 4.78 is 11.0. The van der Waals surface area contributed by atoms with E-state index in [2.05, 4.69) is 20.3 Å². The molecule has 2 heterocycles. The fourth-order valence-corrected chi connectivity index (χ4v) is 2.52. The van der Waals surface area contributed by atoms with Gasteiger partial charge in [0.15, 0.2) is 0 Å². The van der Waals surface area contributed by atoms with Crippen molar-refractivity contribution in [1.82, 2.24) is 20.3 Å². The number of hydrogen-bond acceptors (Lipinski definition) is 6. The van der Waals surface area contributed by atoms with Crippen LogP contribution in [0.15, 0.2) is 57.5 Å². The van der Waals surface area contributed by atoms with Gasteiger partial charge in [0.25, 0.3) is 0 Å². The van der Waals surface area contributed by atoms with Crippen molar-refractivity contribution in [1.29, 1.82) is 0 Å². The van der Waals surface area contributed by atoms with Crippen LogP contribution in [-0.4, -0.2) is 20.3 Å². The third-order valence-electron chi connectivity index (χ3n) is 3.60. The lowest BCUT2D eigenvalue weighted by molar-refractivity contribution is 0.374. The summed E-state index contributed by atoms with van der Waals surface area (Å²) >= 11 is 5.88. The van der Waals surface area contributed by atoms with Crippen molar-refractivity contribution in [2.24, 2.45) is 0 Å². The molecule has 0 N–H and O–H groups in total. The van der Waals surface area contributed by atoms with Gasteiger partial charge in [-0.15, -0.1) is 10.2 Å². The van der Waals surface area contributed by atoms with Gasteiger partial charge in [-0.2, -0.15) is 4.98 Å². The second-order valence-corrected chi connectivity index (χ2v) is 6.00. The van der Waals surface area contributed by atoms with Crippen LogP contribution in [0, 0.1) is 6.92 Å². The number of aryl methyl sites for hydroxylation is 1. The van der Waals surface area contributed by atoms with E-state index in [4.69, 9.17) is 20.5 Å². The van der Waals surface area contributed by atoms with Gasteiger partial charge in [-0.1, -0.05) is 34.5 Å². The zero-order valence-corrected chi connectivity index (χ0v) is 14.1. The van der Waals surface area contributed by atoms with Gasteiger partial charge in [-0.05, 0) is 43.3 Å². The van der Waals surface area contributed by atoms with E-state index < -0.39 is 0 Å². The lowest BCUT2D eigenvalue weighted by Crippen LogP contribution is -1.88. The summed E-state index contributed by atoms with van der Waals surface area (Å²) in [6, 6.07) is 15.1. The molecule has 0 aliphatic carbocycles. The molecule has 25 heavy (non-hydrogen) atoms. The quantitative estimate of drug-likeness (QED) is 0.543. The summed E-state index contributed by atoms with van der Waals surface area (Å²) in [6.45, 7) is 2.01. The molecule has 4 aromatic rings. The maximum Gasteiger partial charge on any atom is 0.247 e. The first kappa shape index (κ1) is 15.5.